The molecule has 0 saturated heterocycles. The molecule has 2 aromatic rings. The molecule has 120 valence electrons. The predicted octanol–water partition coefficient (Wildman–Crippen LogP) is 2.75. The number of amides is 2. The van der Waals surface area contributed by atoms with E-state index in [-0.39, 0.29) is 31.7 Å². The van der Waals surface area contributed by atoms with Crippen molar-refractivity contribution in [3.63, 3.8) is 0 Å². The van der Waals surface area contributed by atoms with E-state index in [1.54, 1.807) is 30.3 Å². The fourth-order valence-electron chi connectivity index (χ4n) is 2.04. The Hall–Kier alpha value is -2.96. The molecule has 0 radical (unpaired) electrons. The van der Waals surface area contributed by atoms with Crippen LogP contribution in [0.3, 0.4) is 0 Å². The molecule has 2 amide bonds. The van der Waals surface area contributed by atoms with Gasteiger partial charge in [-0.2, -0.15) is 0 Å². The summed E-state index contributed by atoms with van der Waals surface area (Å²) in [6.07, 6.45) is 0. The third kappa shape index (κ3) is 3.82. The second-order valence-electron chi connectivity index (χ2n) is 4.73. The van der Waals surface area contributed by atoms with Gasteiger partial charge in [-0.3, -0.25) is 0 Å². The number of nitrogens with one attached hydrogen (secondary N) is 2. The maximum absolute atomic E-state index is 13.3. The molecule has 0 spiro atoms. The fraction of sp³-hybridized carbons (Fsp3) is 0.188. The van der Waals surface area contributed by atoms with E-state index in [0.29, 0.717) is 17.2 Å². The summed E-state index contributed by atoms with van der Waals surface area (Å²) in [5.74, 6) is 0.961. The van der Waals surface area contributed by atoms with Gasteiger partial charge in [-0.1, -0.05) is 12.1 Å². The van der Waals surface area contributed by atoms with Crippen molar-refractivity contribution in [2.75, 3.05) is 25.3 Å². The average molecular weight is 318 g/mol. The first-order valence-corrected chi connectivity index (χ1v) is 7.04. The number of anilines is 1. The molecule has 6 nitrogen and oxygen atoms in total. The zero-order chi connectivity index (χ0) is 16.1. The lowest BCUT2D eigenvalue weighted by atomic mass is 10.3. The van der Waals surface area contributed by atoms with Crippen molar-refractivity contribution in [1.82, 2.24) is 5.32 Å². The van der Waals surface area contributed by atoms with Crippen molar-refractivity contribution in [3.8, 4) is 17.2 Å². The Bertz CT molecular complexity index is 708. The highest BCUT2D eigenvalue weighted by molar-refractivity contribution is 5.89. The Kier molecular flexibility index (Phi) is 4.46. The molecule has 0 fully saturated rings. The third-order valence-corrected chi connectivity index (χ3v) is 3.11. The predicted molar refractivity (Wildman–Crippen MR) is 81.5 cm³/mol. The number of hydrogen-bond acceptors (Lipinski definition) is 4. The second-order valence-corrected chi connectivity index (χ2v) is 4.73. The Balaban J connectivity index is 1.42. The number of rotatable bonds is 5. The molecule has 1 heterocycles. The number of halogens is 1. The number of ether oxygens (including phenoxy) is 3. The Morgan fingerprint density at radius 3 is 2.87 bits per heavy atom. The standard InChI is InChI=1S/C16H15FN2O4/c17-12-3-1-2-4-13(12)21-8-7-18-16(20)19-11-5-6-14-15(9-11)23-10-22-14/h1-6,9H,7-8,10H2,(H2,18,19,20). The van der Waals surface area contributed by atoms with Crippen LogP contribution in [0.15, 0.2) is 42.5 Å². The normalized spacial score (nSPS) is 11.9. The number of hydrogen-bond donors (Lipinski definition) is 2. The van der Waals surface area contributed by atoms with Gasteiger partial charge in [0.25, 0.3) is 0 Å². The van der Waals surface area contributed by atoms with Crippen molar-refractivity contribution in [1.29, 1.82) is 0 Å². The number of fused-ring (bicyclic) bond motifs is 1. The van der Waals surface area contributed by atoms with Gasteiger partial charge in [0.2, 0.25) is 6.79 Å². The summed E-state index contributed by atoms with van der Waals surface area (Å²) in [6, 6.07) is 10.8. The smallest absolute Gasteiger partial charge is 0.319 e. The fourth-order valence-corrected chi connectivity index (χ4v) is 2.04. The lowest BCUT2D eigenvalue weighted by Gasteiger charge is -2.10. The number of benzene rings is 2. The van der Waals surface area contributed by atoms with E-state index >= 15 is 0 Å². The molecule has 0 saturated carbocycles. The summed E-state index contributed by atoms with van der Waals surface area (Å²) < 4.78 is 29.0. The molecule has 7 heteroatoms. The first-order chi connectivity index (χ1) is 11.2. The SMILES string of the molecule is O=C(NCCOc1ccccc1F)Nc1ccc2c(c1)OCO2. The summed E-state index contributed by atoms with van der Waals surface area (Å²) in [4.78, 5) is 11.8. The minimum Gasteiger partial charge on any atom is -0.489 e. The number of carbonyl (C=O) groups is 1. The molecular weight excluding hydrogens is 303 g/mol. The van der Waals surface area contributed by atoms with Crippen LogP contribution in [0.5, 0.6) is 17.2 Å². The van der Waals surface area contributed by atoms with Crippen LogP contribution in [-0.4, -0.2) is 26.0 Å². The van der Waals surface area contributed by atoms with E-state index in [1.807, 2.05) is 0 Å². The average Bonchev–Trinajstić information content (AvgIpc) is 3.01. The zero-order valence-electron chi connectivity index (χ0n) is 12.2. The molecule has 0 bridgehead atoms. The van der Waals surface area contributed by atoms with Crippen molar-refractivity contribution in [2.24, 2.45) is 0 Å². The van der Waals surface area contributed by atoms with Gasteiger partial charge in [-0.05, 0) is 24.3 Å². The second kappa shape index (κ2) is 6.87. The van der Waals surface area contributed by atoms with Crippen LogP contribution >= 0.6 is 0 Å². The van der Waals surface area contributed by atoms with Gasteiger partial charge in [-0.15, -0.1) is 0 Å². The molecule has 0 aliphatic carbocycles. The van der Waals surface area contributed by atoms with Crippen LogP contribution < -0.4 is 24.8 Å². The maximum Gasteiger partial charge on any atom is 0.319 e. The van der Waals surface area contributed by atoms with E-state index in [2.05, 4.69) is 10.6 Å². The van der Waals surface area contributed by atoms with Crippen LogP contribution in [0.4, 0.5) is 14.9 Å². The van der Waals surface area contributed by atoms with Crippen LogP contribution in [0.2, 0.25) is 0 Å². The third-order valence-electron chi connectivity index (χ3n) is 3.11. The maximum atomic E-state index is 13.3. The lowest BCUT2D eigenvalue weighted by molar-refractivity contribution is 0.174. The van der Waals surface area contributed by atoms with Gasteiger partial charge in [0.15, 0.2) is 23.1 Å². The zero-order valence-corrected chi connectivity index (χ0v) is 12.2. The molecule has 2 N–H and O–H groups in total. The Labute approximate surface area is 132 Å². The van der Waals surface area contributed by atoms with E-state index < -0.39 is 5.82 Å². The number of carbonyl (C=O) groups excluding carboxylic acids is 1. The minimum atomic E-state index is -0.433. The number of para-hydroxylation sites is 1. The van der Waals surface area contributed by atoms with E-state index in [0.717, 1.165) is 0 Å². The van der Waals surface area contributed by atoms with Gasteiger partial charge in [0, 0.05) is 11.8 Å². The number of urea groups is 1. The van der Waals surface area contributed by atoms with Gasteiger partial charge in [-0.25, -0.2) is 9.18 Å². The van der Waals surface area contributed by atoms with E-state index in [4.69, 9.17) is 14.2 Å². The van der Waals surface area contributed by atoms with Gasteiger partial charge in [0.05, 0.1) is 6.54 Å². The monoisotopic (exact) mass is 318 g/mol. The lowest BCUT2D eigenvalue weighted by Crippen LogP contribution is -2.32. The van der Waals surface area contributed by atoms with Crippen LogP contribution in [0, 0.1) is 5.82 Å². The van der Waals surface area contributed by atoms with Gasteiger partial charge < -0.3 is 24.8 Å². The highest BCUT2D eigenvalue weighted by atomic mass is 19.1. The van der Waals surface area contributed by atoms with Crippen LogP contribution in [0.25, 0.3) is 0 Å². The Morgan fingerprint density at radius 2 is 2.00 bits per heavy atom. The molecule has 1 aliphatic rings. The quantitative estimate of drug-likeness (QED) is 0.832. The molecule has 23 heavy (non-hydrogen) atoms. The summed E-state index contributed by atoms with van der Waals surface area (Å²) in [6.45, 7) is 0.582. The van der Waals surface area contributed by atoms with E-state index in [9.17, 15) is 9.18 Å². The molecule has 1 aliphatic heterocycles. The van der Waals surface area contributed by atoms with Crippen molar-refractivity contribution < 1.29 is 23.4 Å². The Morgan fingerprint density at radius 1 is 1.17 bits per heavy atom. The molecule has 2 aromatic carbocycles. The topological polar surface area (TPSA) is 68.8 Å². The molecule has 0 unspecified atom stereocenters. The van der Waals surface area contributed by atoms with Gasteiger partial charge >= 0.3 is 6.03 Å². The molecule has 0 atom stereocenters. The summed E-state index contributed by atoms with van der Waals surface area (Å²) in [5.41, 5.74) is 0.585. The van der Waals surface area contributed by atoms with Crippen molar-refractivity contribution in [2.45, 2.75) is 0 Å². The minimum absolute atomic E-state index is 0.158. The highest BCUT2D eigenvalue weighted by Crippen LogP contribution is 2.34. The molecule has 0 aromatic heterocycles. The first-order valence-electron chi connectivity index (χ1n) is 7.04. The van der Waals surface area contributed by atoms with Crippen LogP contribution in [0.1, 0.15) is 0 Å². The summed E-state index contributed by atoms with van der Waals surface area (Å²) in [7, 11) is 0. The first kappa shape index (κ1) is 15.0. The summed E-state index contributed by atoms with van der Waals surface area (Å²) >= 11 is 0. The summed E-state index contributed by atoms with van der Waals surface area (Å²) in [5, 5.41) is 5.29. The molecule has 3 rings (SSSR count). The van der Waals surface area contributed by atoms with Crippen LogP contribution in [-0.2, 0) is 0 Å². The van der Waals surface area contributed by atoms with E-state index in [1.165, 1.54) is 12.1 Å². The van der Waals surface area contributed by atoms with Crippen molar-refractivity contribution in [3.05, 3.63) is 48.3 Å². The molecular formula is C16H15FN2O4. The largest absolute Gasteiger partial charge is 0.489 e. The highest BCUT2D eigenvalue weighted by Gasteiger charge is 2.13. The van der Waals surface area contributed by atoms with Gasteiger partial charge in [0.1, 0.15) is 6.61 Å². The van der Waals surface area contributed by atoms with Crippen molar-refractivity contribution >= 4 is 11.7 Å².